The quantitative estimate of drug-likeness (QED) is 0.671. The topological polar surface area (TPSA) is 107 Å². The first-order chi connectivity index (χ1) is 10.9. The average molecular weight is 316 g/mol. The minimum absolute atomic E-state index is 0.0731. The number of hydrogen-bond acceptors (Lipinski definition) is 5. The lowest BCUT2D eigenvalue weighted by Crippen LogP contribution is -2.26. The van der Waals surface area contributed by atoms with Crippen molar-refractivity contribution in [1.82, 2.24) is 9.78 Å². The number of amides is 1. The van der Waals surface area contributed by atoms with Crippen LogP contribution in [0.2, 0.25) is 0 Å². The number of nitro groups is 1. The molecule has 0 aliphatic heterocycles. The molecule has 1 aromatic heterocycles. The Labute approximate surface area is 131 Å². The summed E-state index contributed by atoms with van der Waals surface area (Å²) in [6, 6.07) is 7.04. The molecular weight excluding hydrogens is 300 g/mol. The Morgan fingerprint density at radius 1 is 1.35 bits per heavy atom. The van der Waals surface area contributed by atoms with Crippen molar-refractivity contribution in [2.24, 2.45) is 0 Å². The summed E-state index contributed by atoms with van der Waals surface area (Å²) in [4.78, 5) is 34.3. The summed E-state index contributed by atoms with van der Waals surface area (Å²) in [5, 5.41) is 17.5. The van der Waals surface area contributed by atoms with E-state index in [0.717, 1.165) is 0 Å². The number of nitro benzene ring substituents is 1. The fraction of sp³-hybridized carbons (Fsp3) is 0.267. The second kappa shape index (κ2) is 6.82. The maximum atomic E-state index is 12.3. The van der Waals surface area contributed by atoms with Gasteiger partial charge in [0, 0.05) is 18.7 Å². The van der Waals surface area contributed by atoms with Gasteiger partial charge in [-0.15, -0.1) is 0 Å². The first-order valence-corrected chi connectivity index (χ1v) is 7.07. The highest BCUT2D eigenvalue weighted by atomic mass is 16.6. The van der Waals surface area contributed by atoms with Crippen LogP contribution in [0, 0.1) is 17.0 Å². The SMILES string of the molecule is CCCn1nc(C(=O)Nc2cccc([N+](=O)[O-])c2C)ccc1=O. The van der Waals surface area contributed by atoms with E-state index in [4.69, 9.17) is 0 Å². The molecule has 8 heteroatoms. The van der Waals surface area contributed by atoms with Crippen molar-refractivity contribution in [2.75, 3.05) is 5.32 Å². The zero-order chi connectivity index (χ0) is 17.0. The minimum Gasteiger partial charge on any atom is -0.320 e. The second-order valence-electron chi connectivity index (χ2n) is 4.94. The first-order valence-electron chi connectivity index (χ1n) is 7.07. The zero-order valence-electron chi connectivity index (χ0n) is 12.8. The van der Waals surface area contributed by atoms with Crippen molar-refractivity contribution >= 4 is 17.3 Å². The summed E-state index contributed by atoms with van der Waals surface area (Å²) >= 11 is 0. The monoisotopic (exact) mass is 316 g/mol. The number of carbonyl (C=O) groups is 1. The van der Waals surface area contributed by atoms with Crippen molar-refractivity contribution in [3.8, 4) is 0 Å². The fourth-order valence-electron chi connectivity index (χ4n) is 2.09. The van der Waals surface area contributed by atoms with Gasteiger partial charge in [-0.3, -0.25) is 19.7 Å². The van der Waals surface area contributed by atoms with Gasteiger partial charge in [-0.25, -0.2) is 4.68 Å². The van der Waals surface area contributed by atoms with Crippen molar-refractivity contribution in [3.63, 3.8) is 0 Å². The van der Waals surface area contributed by atoms with Gasteiger partial charge in [0.05, 0.1) is 16.2 Å². The molecule has 1 N–H and O–H groups in total. The Morgan fingerprint density at radius 3 is 2.74 bits per heavy atom. The second-order valence-corrected chi connectivity index (χ2v) is 4.94. The lowest BCUT2D eigenvalue weighted by atomic mass is 10.1. The Bertz CT molecular complexity index is 813. The summed E-state index contributed by atoms with van der Waals surface area (Å²) in [7, 11) is 0. The molecule has 8 nitrogen and oxygen atoms in total. The minimum atomic E-state index is -0.529. The molecule has 0 radical (unpaired) electrons. The Kier molecular flexibility index (Phi) is 4.85. The average Bonchev–Trinajstić information content (AvgIpc) is 2.51. The van der Waals surface area contributed by atoms with Crippen LogP contribution in [0.4, 0.5) is 11.4 Å². The van der Waals surface area contributed by atoms with E-state index in [9.17, 15) is 19.7 Å². The van der Waals surface area contributed by atoms with Gasteiger partial charge in [-0.2, -0.15) is 5.10 Å². The fourth-order valence-corrected chi connectivity index (χ4v) is 2.09. The molecule has 2 rings (SSSR count). The number of rotatable bonds is 5. The highest BCUT2D eigenvalue weighted by Gasteiger charge is 2.16. The van der Waals surface area contributed by atoms with Gasteiger partial charge in [-0.05, 0) is 25.5 Å². The number of aromatic nitrogens is 2. The largest absolute Gasteiger partial charge is 0.320 e. The number of carbonyl (C=O) groups excluding carboxylic acids is 1. The van der Waals surface area contributed by atoms with Crippen molar-refractivity contribution in [2.45, 2.75) is 26.8 Å². The van der Waals surface area contributed by atoms with E-state index >= 15 is 0 Å². The van der Waals surface area contributed by atoms with Gasteiger partial charge < -0.3 is 5.32 Å². The lowest BCUT2D eigenvalue weighted by molar-refractivity contribution is -0.385. The first kappa shape index (κ1) is 16.3. The van der Waals surface area contributed by atoms with Gasteiger partial charge in [0.1, 0.15) is 5.69 Å². The Hall–Kier alpha value is -3.03. The smallest absolute Gasteiger partial charge is 0.276 e. The predicted octanol–water partition coefficient (Wildman–Crippen LogP) is 2.12. The van der Waals surface area contributed by atoms with E-state index in [1.165, 1.54) is 28.9 Å². The highest BCUT2D eigenvalue weighted by Crippen LogP contribution is 2.25. The molecule has 0 aliphatic rings. The van der Waals surface area contributed by atoms with Gasteiger partial charge in [0.15, 0.2) is 0 Å². The van der Waals surface area contributed by atoms with Crippen LogP contribution in [0.3, 0.4) is 0 Å². The van der Waals surface area contributed by atoms with E-state index in [1.54, 1.807) is 13.0 Å². The number of nitrogens with one attached hydrogen (secondary N) is 1. The molecular formula is C15H16N4O4. The number of nitrogens with zero attached hydrogens (tertiary/aromatic N) is 3. The molecule has 0 bridgehead atoms. The van der Waals surface area contributed by atoms with Crippen LogP contribution >= 0.6 is 0 Å². The van der Waals surface area contributed by atoms with Crippen LogP contribution in [-0.2, 0) is 6.54 Å². The third-order valence-corrected chi connectivity index (χ3v) is 3.28. The van der Waals surface area contributed by atoms with E-state index in [2.05, 4.69) is 10.4 Å². The molecule has 0 saturated heterocycles. The normalized spacial score (nSPS) is 10.3. The van der Waals surface area contributed by atoms with E-state index in [0.29, 0.717) is 24.2 Å². The molecule has 1 amide bonds. The van der Waals surface area contributed by atoms with Crippen LogP contribution in [0.25, 0.3) is 0 Å². The van der Waals surface area contributed by atoms with Crippen LogP contribution in [0.15, 0.2) is 35.1 Å². The zero-order valence-corrected chi connectivity index (χ0v) is 12.8. The van der Waals surface area contributed by atoms with Gasteiger partial charge in [-0.1, -0.05) is 13.0 Å². The molecule has 0 atom stereocenters. The molecule has 1 heterocycles. The van der Waals surface area contributed by atoms with Crippen molar-refractivity contribution < 1.29 is 9.72 Å². The molecule has 1 aromatic carbocycles. The molecule has 0 aliphatic carbocycles. The molecule has 2 aromatic rings. The number of anilines is 1. The third kappa shape index (κ3) is 3.60. The van der Waals surface area contributed by atoms with Crippen LogP contribution in [0.1, 0.15) is 29.4 Å². The Balaban J connectivity index is 2.30. The van der Waals surface area contributed by atoms with Crippen molar-refractivity contribution in [1.29, 1.82) is 0 Å². The number of hydrogen-bond donors (Lipinski definition) is 1. The van der Waals surface area contributed by atoms with E-state index < -0.39 is 10.8 Å². The molecule has 0 spiro atoms. The van der Waals surface area contributed by atoms with Gasteiger partial charge in [0.25, 0.3) is 17.2 Å². The third-order valence-electron chi connectivity index (χ3n) is 3.28. The summed E-state index contributed by atoms with van der Waals surface area (Å²) < 4.78 is 1.22. The molecule has 120 valence electrons. The molecule has 0 unspecified atom stereocenters. The molecule has 0 fully saturated rings. The summed E-state index contributed by atoms with van der Waals surface area (Å²) in [6.45, 7) is 3.86. The molecule has 23 heavy (non-hydrogen) atoms. The van der Waals surface area contributed by atoms with E-state index in [-0.39, 0.29) is 16.9 Å². The maximum absolute atomic E-state index is 12.3. The highest BCUT2D eigenvalue weighted by molar-refractivity contribution is 6.03. The Morgan fingerprint density at radius 2 is 2.09 bits per heavy atom. The van der Waals surface area contributed by atoms with Crippen LogP contribution < -0.4 is 10.9 Å². The van der Waals surface area contributed by atoms with Crippen LogP contribution in [-0.4, -0.2) is 20.6 Å². The van der Waals surface area contributed by atoms with Crippen molar-refractivity contribution in [3.05, 3.63) is 62.1 Å². The standard InChI is InChI=1S/C15H16N4O4/c1-3-9-18-14(20)8-7-12(17-18)15(21)16-11-5-4-6-13(10(11)2)19(22)23/h4-8H,3,9H2,1-2H3,(H,16,21). The number of aryl methyl sites for hydroxylation is 1. The summed E-state index contributed by atoms with van der Waals surface area (Å²) in [5.74, 6) is -0.529. The lowest BCUT2D eigenvalue weighted by Gasteiger charge is -2.09. The van der Waals surface area contributed by atoms with Crippen LogP contribution in [0.5, 0.6) is 0 Å². The maximum Gasteiger partial charge on any atom is 0.276 e. The predicted molar refractivity (Wildman–Crippen MR) is 84.6 cm³/mol. The van der Waals surface area contributed by atoms with Gasteiger partial charge in [0.2, 0.25) is 0 Å². The van der Waals surface area contributed by atoms with Gasteiger partial charge >= 0.3 is 0 Å². The number of benzene rings is 1. The summed E-state index contributed by atoms with van der Waals surface area (Å²) in [5.41, 5.74) is 0.401. The molecule has 0 saturated carbocycles. The summed E-state index contributed by atoms with van der Waals surface area (Å²) in [6.07, 6.45) is 0.710. The van der Waals surface area contributed by atoms with E-state index in [1.807, 2.05) is 6.92 Å².